The van der Waals surface area contributed by atoms with E-state index in [-0.39, 0.29) is 0 Å². The van der Waals surface area contributed by atoms with E-state index in [1.165, 1.54) is 0 Å². The van der Waals surface area contributed by atoms with Crippen molar-refractivity contribution in [2.45, 2.75) is 64.7 Å². The first kappa shape index (κ1) is 17.6. The second-order valence-corrected chi connectivity index (χ2v) is 6.94. The van der Waals surface area contributed by atoms with E-state index in [1.54, 1.807) is 0 Å². The lowest BCUT2D eigenvalue weighted by atomic mass is 10.0. The average molecular weight is 320 g/mol. The first-order valence-corrected chi connectivity index (χ1v) is 8.34. The lowest BCUT2D eigenvalue weighted by Gasteiger charge is -2.31. The molecule has 0 radical (unpaired) electrons. The fraction of sp³-hybridized carbons (Fsp3) is 0.611. The van der Waals surface area contributed by atoms with Gasteiger partial charge in [-0.25, -0.2) is 4.79 Å². The summed E-state index contributed by atoms with van der Waals surface area (Å²) in [6.07, 6.45) is 2.85. The summed E-state index contributed by atoms with van der Waals surface area (Å²) < 4.78 is 11.0. The summed E-state index contributed by atoms with van der Waals surface area (Å²) in [7, 11) is 0. The number of para-hydroxylation sites is 2. The summed E-state index contributed by atoms with van der Waals surface area (Å²) >= 11 is 0. The Labute approximate surface area is 138 Å². The third kappa shape index (κ3) is 5.75. The molecule has 0 aliphatic carbocycles. The minimum atomic E-state index is -0.512. The molecule has 2 N–H and O–H groups in total. The Morgan fingerprint density at radius 3 is 2.65 bits per heavy atom. The van der Waals surface area contributed by atoms with Gasteiger partial charge >= 0.3 is 6.09 Å². The Kier molecular flexibility index (Phi) is 5.88. The van der Waals surface area contributed by atoms with Gasteiger partial charge in [-0.1, -0.05) is 19.1 Å². The monoisotopic (exact) mass is 320 g/mol. The van der Waals surface area contributed by atoms with Gasteiger partial charge in [0.05, 0.1) is 17.5 Å². The first-order chi connectivity index (χ1) is 10.9. The highest BCUT2D eigenvalue weighted by Gasteiger charge is 2.22. The SMILES string of the molecule is CCC1CC(Nc2ccccc2NC(=O)OC(C)(C)C)CCO1. The number of anilines is 2. The van der Waals surface area contributed by atoms with Crippen molar-refractivity contribution in [3.63, 3.8) is 0 Å². The number of ether oxygens (including phenoxy) is 2. The first-order valence-electron chi connectivity index (χ1n) is 8.34. The number of hydrogen-bond acceptors (Lipinski definition) is 4. The van der Waals surface area contributed by atoms with Crippen molar-refractivity contribution in [1.29, 1.82) is 0 Å². The molecule has 0 spiro atoms. The largest absolute Gasteiger partial charge is 0.444 e. The van der Waals surface area contributed by atoms with Crippen LogP contribution in [0, 0.1) is 0 Å². The fourth-order valence-corrected chi connectivity index (χ4v) is 2.65. The van der Waals surface area contributed by atoms with E-state index in [0.717, 1.165) is 37.2 Å². The van der Waals surface area contributed by atoms with Gasteiger partial charge in [0.25, 0.3) is 0 Å². The predicted octanol–water partition coefficient (Wildman–Crippen LogP) is 4.40. The standard InChI is InChI=1S/C18H28N2O3/c1-5-14-12-13(10-11-22-14)19-15-8-6-7-9-16(15)20-17(21)23-18(2,3)4/h6-9,13-14,19H,5,10-12H2,1-4H3,(H,20,21). The lowest BCUT2D eigenvalue weighted by molar-refractivity contribution is 0.00925. The molecular weight excluding hydrogens is 292 g/mol. The lowest BCUT2D eigenvalue weighted by Crippen LogP contribution is -2.34. The maximum atomic E-state index is 12.0. The van der Waals surface area contributed by atoms with Crippen LogP contribution in [0.3, 0.4) is 0 Å². The number of amides is 1. The molecule has 1 fully saturated rings. The number of carbonyl (C=O) groups excluding carboxylic acids is 1. The van der Waals surface area contributed by atoms with Gasteiger partial charge in [0, 0.05) is 12.6 Å². The van der Waals surface area contributed by atoms with Crippen molar-refractivity contribution in [1.82, 2.24) is 0 Å². The van der Waals surface area contributed by atoms with Gasteiger partial charge in [-0.05, 0) is 52.2 Å². The molecule has 2 rings (SSSR count). The Bertz CT molecular complexity index is 525. The molecule has 1 amide bonds. The van der Waals surface area contributed by atoms with Gasteiger partial charge in [0.15, 0.2) is 0 Å². The van der Waals surface area contributed by atoms with E-state index >= 15 is 0 Å². The van der Waals surface area contributed by atoms with Crippen LogP contribution < -0.4 is 10.6 Å². The number of carbonyl (C=O) groups is 1. The molecule has 2 atom stereocenters. The van der Waals surface area contributed by atoms with E-state index < -0.39 is 11.7 Å². The molecule has 0 saturated carbocycles. The third-order valence-electron chi connectivity index (χ3n) is 3.74. The Morgan fingerprint density at radius 1 is 1.30 bits per heavy atom. The summed E-state index contributed by atoms with van der Waals surface area (Å²) in [5.74, 6) is 0. The number of hydrogen-bond donors (Lipinski definition) is 2. The minimum Gasteiger partial charge on any atom is -0.444 e. The van der Waals surface area contributed by atoms with Crippen molar-refractivity contribution < 1.29 is 14.3 Å². The Hall–Kier alpha value is -1.75. The molecule has 0 aromatic heterocycles. The maximum absolute atomic E-state index is 12.0. The molecule has 128 valence electrons. The van der Waals surface area contributed by atoms with Gasteiger partial charge in [-0.15, -0.1) is 0 Å². The molecule has 1 aromatic carbocycles. The van der Waals surface area contributed by atoms with Gasteiger partial charge in [0.2, 0.25) is 0 Å². The van der Waals surface area contributed by atoms with Gasteiger partial charge in [0.1, 0.15) is 5.60 Å². The van der Waals surface area contributed by atoms with E-state index in [0.29, 0.717) is 12.1 Å². The van der Waals surface area contributed by atoms with Crippen molar-refractivity contribution in [2.75, 3.05) is 17.2 Å². The van der Waals surface area contributed by atoms with E-state index in [2.05, 4.69) is 17.6 Å². The second-order valence-electron chi connectivity index (χ2n) is 6.94. The molecule has 1 saturated heterocycles. The van der Waals surface area contributed by atoms with Crippen LogP contribution in [0.15, 0.2) is 24.3 Å². The molecule has 1 aliphatic heterocycles. The minimum absolute atomic E-state index is 0.312. The fourth-order valence-electron chi connectivity index (χ4n) is 2.65. The normalized spacial score (nSPS) is 21.6. The van der Waals surface area contributed by atoms with Crippen molar-refractivity contribution in [2.24, 2.45) is 0 Å². The van der Waals surface area contributed by atoms with Crippen LogP contribution >= 0.6 is 0 Å². The molecule has 2 unspecified atom stereocenters. The molecule has 5 nitrogen and oxygen atoms in total. The third-order valence-corrected chi connectivity index (χ3v) is 3.74. The molecule has 23 heavy (non-hydrogen) atoms. The molecule has 5 heteroatoms. The Balaban J connectivity index is 2.01. The highest BCUT2D eigenvalue weighted by molar-refractivity contribution is 5.89. The second kappa shape index (κ2) is 7.68. The van der Waals surface area contributed by atoms with Gasteiger partial charge in [-0.3, -0.25) is 5.32 Å². The van der Waals surface area contributed by atoms with Gasteiger partial charge < -0.3 is 14.8 Å². The van der Waals surface area contributed by atoms with Crippen molar-refractivity contribution in [3.8, 4) is 0 Å². The van der Waals surface area contributed by atoms with Crippen LogP contribution in [0.2, 0.25) is 0 Å². The number of nitrogens with one attached hydrogen (secondary N) is 2. The van der Waals surface area contributed by atoms with Gasteiger partial charge in [-0.2, -0.15) is 0 Å². The summed E-state index contributed by atoms with van der Waals surface area (Å²) in [4.78, 5) is 12.0. The zero-order valence-electron chi connectivity index (χ0n) is 14.5. The summed E-state index contributed by atoms with van der Waals surface area (Å²) in [5, 5.41) is 6.36. The molecule has 1 aliphatic rings. The van der Waals surface area contributed by atoms with Crippen LogP contribution in [0.5, 0.6) is 0 Å². The smallest absolute Gasteiger partial charge is 0.412 e. The van der Waals surface area contributed by atoms with E-state index in [1.807, 2.05) is 45.0 Å². The van der Waals surface area contributed by atoms with Crippen LogP contribution in [-0.2, 0) is 9.47 Å². The predicted molar refractivity (Wildman–Crippen MR) is 93.0 cm³/mol. The van der Waals surface area contributed by atoms with Crippen LogP contribution in [0.1, 0.15) is 47.0 Å². The van der Waals surface area contributed by atoms with Crippen LogP contribution in [-0.4, -0.2) is 30.4 Å². The molecule has 0 bridgehead atoms. The van der Waals surface area contributed by atoms with E-state index in [4.69, 9.17) is 9.47 Å². The highest BCUT2D eigenvalue weighted by atomic mass is 16.6. The molecule has 1 heterocycles. The highest BCUT2D eigenvalue weighted by Crippen LogP contribution is 2.26. The van der Waals surface area contributed by atoms with Crippen molar-refractivity contribution >= 4 is 17.5 Å². The van der Waals surface area contributed by atoms with Crippen LogP contribution in [0.4, 0.5) is 16.2 Å². The summed E-state index contributed by atoms with van der Waals surface area (Å²) in [6, 6.07) is 8.07. The number of benzene rings is 1. The summed E-state index contributed by atoms with van der Waals surface area (Å²) in [5.41, 5.74) is 1.14. The summed E-state index contributed by atoms with van der Waals surface area (Å²) in [6.45, 7) is 8.47. The zero-order valence-corrected chi connectivity index (χ0v) is 14.5. The maximum Gasteiger partial charge on any atom is 0.412 e. The Morgan fingerprint density at radius 2 is 2.00 bits per heavy atom. The van der Waals surface area contributed by atoms with Crippen molar-refractivity contribution in [3.05, 3.63) is 24.3 Å². The average Bonchev–Trinajstić information content (AvgIpc) is 2.47. The van der Waals surface area contributed by atoms with E-state index in [9.17, 15) is 4.79 Å². The quantitative estimate of drug-likeness (QED) is 0.863. The zero-order chi connectivity index (χ0) is 16.9. The molecular formula is C18H28N2O3. The topological polar surface area (TPSA) is 59.6 Å². The van der Waals surface area contributed by atoms with Crippen LogP contribution in [0.25, 0.3) is 0 Å². The number of rotatable bonds is 4. The molecule has 1 aromatic rings.